The first-order chi connectivity index (χ1) is 9.06. The molecule has 19 heavy (non-hydrogen) atoms. The summed E-state index contributed by atoms with van der Waals surface area (Å²) in [7, 11) is 0. The predicted octanol–water partition coefficient (Wildman–Crippen LogP) is 2.30. The highest BCUT2D eigenvalue weighted by molar-refractivity contribution is 8.00. The van der Waals surface area contributed by atoms with Gasteiger partial charge in [-0.15, -0.1) is 11.8 Å². The summed E-state index contributed by atoms with van der Waals surface area (Å²) < 4.78 is 31.1. The molecule has 1 aromatic carbocycles. The third-order valence-electron chi connectivity index (χ3n) is 2.85. The highest BCUT2D eigenvalue weighted by Gasteiger charge is 2.21. The van der Waals surface area contributed by atoms with Gasteiger partial charge in [0.25, 0.3) is 0 Å². The third kappa shape index (κ3) is 3.91. The first-order valence-corrected chi connectivity index (χ1v) is 7.02. The molecule has 2 rings (SSSR count). The molecular formula is C13H15F2NO2S. The van der Waals surface area contributed by atoms with Gasteiger partial charge < -0.3 is 9.64 Å². The number of rotatable bonds is 3. The number of nitrogens with zero attached hydrogens (tertiary/aromatic N) is 1. The summed E-state index contributed by atoms with van der Waals surface area (Å²) in [5.41, 5.74) is 0. The van der Waals surface area contributed by atoms with E-state index in [0.717, 1.165) is 12.1 Å². The molecule has 0 N–H and O–H groups in total. The van der Waals surface area contributed by atoms with E-state index in [4.69, 9.17) is 4.74 Å². The fourth-order valence-electron chi connectivity index (χ4n) is 1.85. The molecule has 1 atom stereocenters. The second-order valence-electron chi connectivity index (χ2n) is 4.39. The minimum Gasteiger partial charge on any atom is -0.375 e. The van der Waals surface area contributed by atoms with Crippen molar-refractivity contribution in [3.63, 3.8) is 0 Å². The minimum atomic E-state index is -0.891. The van der Waals surface area contributed by atoms with Gasteiger partial charge in [-0.1, -0.05) is 0 Å². The molecule has 1 aromatic rings. The lowest BCUT2D eigenvalue weighted by molar-refractivity contribution is -0.135. The van der Waals surface area contributed by atoms with Crippen LogP contribution in [0.15, 0.2) is 23.1 Å². The molecule has 104 valence electrons. The van der Waals surface area contributed by atoms with E-state index in [2.05, 4.69) is 0 Å². The lowest BCUT2D eigenvalue weighted by Gasteiger charge is -2.31. The van der Waals surface area contributed by atoms with Crippen LogP contribution in [0.4, 0.5) is 8.78 Å². The zero-order valence-corrected chi connectivity index (χ0v) is 11.4. The van der Waals surface area contributed by atoms with E-state index in [-0.39, 0.29) is 17.8 Å². The molecule has 1 amide bonds. The average molecular weight is 287 g/mol. The summed E-state index contributed by atoms with van der Waals surface area (Å²) in [6, 6.07) is 3.65. The molecule has 1 fully saturated rings. The van der Waals surface area contributed by atoms with Crippen LogP contribution in [0.25, 0.3) is 0 Å². The van der Waals surface area contributed by atoms with E-state index in [1.54, 1.807) is 4.90 Å². The van der Waals surface area contributed by atoms with Crippen LogP contribution < -0.4 is 0 Å². The van der Waals surface area contributed by atoms with Crippen molar-refractivity contribution in [3.8, 4) is 0 Å². The van der Waals surface area contributed by atoms with E-state index in [0.29, 0.717) is 24.6 Å². The molecule has 0 spiro atoms. The van der Waals surface area contributed by atoms with E-state index in [1.807, 2.05) is 6.92 Å². The van der Waals surface area contributed by atoms with E-state index in [1.165, 1.54) is 17.8 Å². The summed E-state index contributed by atoms with van der Waals surface area (Å²) in [4.78, 5) is 14.2. The van der Waals surface area contributed by atoms with Crippen molar-refractivity contribution in [3.05, 3.63) is 29.8 Å². The summed E-state index contributed by atoms with van der Waals surface area (Å²) >= 11 is 1.21. The van der Waals surface area contributed by atoms with Crippen LogP contribution in [-0.4, -0.2) is 42.4 Å². The number of thioether (sulfide) groups is 1. The SMILES string of the molecule is C[C@@H]1CN(C(=O)CSc2ccc(F)c(F)c2)CCO1. The lowest BCUT2D eigenvalue weighted by atomic mass is 10.3. The van der Waals surface area contributed by atoms with Gasteiger partial charge in [0.05, 0.1) is 18.5 Å². The number of ether oxygens (including phenoxy) is 1. The number of benzene rings is 1. The number of carbonyl (C=O) groups excluding carboxylic acids is 1. The molecule has 6 heteroatoms. The predicted molar refractivity (Wildman–Crippen MR) is 69.1 cm³/mol. The Kier molecular flexibility index (Phi) is 4.76. The van der Waals surface area contributed by atoms with Gasteiger partial charge in [0, 0.05) is 18.0 Å². The largest absolute Gasteiger partial charge is 0.375 e. The van der Waals surface area contributed by atoms with Crippen molar-refractivity contribution in [2.75, 3.05) is 25.4 Å². The monoisotopic (exact) mass is 287 g/mol. The maximum absolute atomic E-state index is 13.0. The molecule has 0 aliphatic carbocycles. The molecule has 1 aliphatic rings. The Morgan fingerprint density at radius 1 is 1.47 bits per heavy atom. The molecule has 0 bridgehead atoms. The molecule has 0 unspecified atom stereocenters. The number of amides is 1. The summed E-state index contributed by atoms with van der Waals surface area (Å²) in [5, 5.41) is 0. The summed E-state index contributed by atoms with van der Waals surface area (Å²) in [6.07, 6.45) is 0.0472. The summed E-state index contributed by atoms with van der Waals surface area (Å²) in [5.74, 6) is -1.56. The second-order valence-corrected chi connectivity index (χ2v) is 5.43. The molecule has 0 saturated carbocycles. The van der Waals surface area contributed by atoms with Crippen LogP contribution in [-0.2, 0) is 9.53 Å². The second kappa shape index (κ2) is 6.34. The molecule has 1 saturated heterocycles. The Labute approximate surface area is 114 Å². The Balaban J connectivity index is 1.87. The van der Waals surface area contributed by atoms with Crippen molar-refractivity contribution in [2.24, 2.45) is 0 Å². The van der Waals surface area contributed by atoms with Crippen LogP contribution in [0.1, 0.15) is 6.92 Å². The van der Waals surface area contributed by atoms with Crippen LogP contribution >= 0.6 is 11.8 Å². The van der Waals surface area contributed by atoms with Crippen molar-refractivity contribution in [1.29, 1.82) is 0 Å². The quantitative estimate of drug-likeness (QED) is 0.799. The Bertz CT molecular complexity index is 470. The maximum atomic E-state index is 13.0. The normalized spacial score (nSPS) is 19.5. The highest BCUT2D eigenvalue weighted by Crippen LogP contribution is 2.21. The topological polar surface area (TPSA) is 29.5 Å². The highest BCUT2D eigenvalue weighted by atomic mass is 32.2. The van der Waals surface area contributed by atoms with Crippen LogP contribution in [0.3, 0.4) is 0 Å². The lowest BCUT2D eigenvalue weighted by Crippen LogP contribution is -2.45. The molecule has 0 radical (unpaired) electrons. The molecule has 1 aliphatic heterocycles. The van der Waals surface area contributed by atoms with Gasteiger partial charge in [0.15, 0.2) is 11.6 Å². The Morgan fingerprint density at radius 2 is 2.26 bits per heavy atom. The molecule has 1 heterocycles. The van der Waals surface area contributed by atoms with Crippen molar-refractivity contribution in [2.45, 2.75) is 17.9 Å². The first-order valence-electron chi connectivity index (χ1n) is 6.03. The van der Waals surface area contributed by atoms with Crippen LogP contribution in [0.2, 0.25) is 0 Å². The first kappa shape index (κ1) is 14.3. The number of halogens is 2. The van der Waals surface area contributed by atoms with Crippen molar-refractivity contribution >= 4 is 17.7 Å². The van der Waals surface area contributed by atoms with E-state index >= 15 is 0 Å². The van der Waals surface area contributed by atoms with Gasteiger partial charge in [-0.25, -0.2) is 8.78 Å². The maximum Gasteiger partial charge on any atom is 0.233 e. The van der Waals surface area contributed by atoms with Gasteiger partial charge in [0.1, 0.15) is 0 Å². The number of hydrogen-bond donors (Lipinski definition) is 0. The molecule has 0 aromatic heterocycles. The Hall–Kier alpha value is -1.14. The fraction of sp³-hybridized carbons (Fsp3) is 0.462. The van der Waals surface area contributed by atoms with Gasteiger partial charge in [0.2, 0.25) is 5.91 Å². The third-order valence-corrected chi connectivity index (χ3v) is 3.83. The average Bonchev–Trinajstić information content (AvgIpc) is 2.40. The Morgan fingerprint density at radius 3 is 2.95 bits per heavy atom. The number of hydrogen-bond acceptors (Lipinski definition) is 3. The molecule has 3 nitrogen and oxygen atoms in total. The minimum absolute atomic E-state index is 0.00937. The summed E-state index contributed by atoms with van der Waals surface area (Å²) in [6.45, 7) is 3.63. The van der Waals surface area contributed by atoms with Gasteiger partial charge in [-0.2, -0.15) is 0 Å². The standard InChI is InChI=1S/C13H15F2NO2S/c1-9-7-16(4-5-18-9)13(17)8-19-10-2-3-11(14)12(15)6-10/h2-3,6,9H,4-5,7-8H2,1H3/t9-/m1/s1. The van der Waals surface area contributed by atoms with Gasteiger partial charge in [-0.05, 0) is 25.1 Å². The zero-order valence-electron chi connectivity index (χ0n) is 10.6. The zero-order chi connectivity index (χ0) is 13.8. The fourth-order valence-corrected chi connectivity index (χ4v) is 2.67. The van der Waals surface area contributed by atoms with Crippen molar-refractivity contribution in [1.82, 2.24) is 4.90 Å². The van der Waals surface area contributed by atoms with E-state index in [9.17, 15) is 13.6 Å². The molecular weight excluding hydrogens is 272 g/mol. The van der Waals surface area contributed by atoms with Gasteiger partial charge >= 0.3 is 0 Å². The number of morpholine rings is 1. The van der Waals surface area contributed by atoms with Gasteiger partial charge in [-0.3, -0.25) is 4.79 Å². The van der Waals surface area contributed by atoms with Crippen LogP contribution in [0.5, 0.6) is 0 Å². The number of carbonyl (C=O) groups is 1. The van der Waals surface area contributed by atoms with Crippen molar-refractivity contribution < 1.29 is 18.3 Å². The smallest absolute Gasteiger partial charge is 0.233 e. The van der Waals surface area contributed by atoms with Crippen LogP contribution in [0, 0.1) is 11.6 Å². The van der Waals surface area contributed by atoms with E-state index < -0.39 is 11.6 Å².